The van der Waals surface area contributed by atoms with Gasteiger partial charge in [0.25, 0.3) is 0 Å². The maximum absolute atomic E-state index is 12.1. The number of hydrogen-bond donors (Lipinski definition) is 2. The number of aliphatic hydroxyl groups is 1. The highest BCUT2D eigenvalue weighted by atomic mass is 16.4. The quantitative estimate of drug-likeness (QED) is 0.339. The second kappa shape index (κ2) is 11.5. The van der Waals surface area contributed by atoms with E-state index in [2.05, 4.69) is 13.0 Å². The van der Waals surface area contributed by atoms with E-state index in [0.717, 1.165) is 70.6 Å². The Bertz CT molecular complexity index is 451. The van der Waals surface area contributed by atoms with Crippen molar-refractivity contribution in [1.82, 2.24) is 0 Å². The van der Waals surface area contributed by atoms with Gasteiger partial charge >= 0.3 is 5.97 Å². The lowest BCUT2D eigenvalue weighted by molar-refractivity contribution is -0.137. The Kier molecular flexibility index (Phi) is 10.0. The molecular formula is C21H36O4. The number of carboxylic acid groups (broad SMARTS) is 1. The van der Waals surface area contributed by atoms with Crippen molar-refractivity contribution in [2.24, 2.45) is 5.92 Å². The zero-order chi connectivity index (χ0) is 18.7. The van der Waals surface area contributed by atoms with Gasteiger partial charge in [-0.25, -0.2) is 0 Å². The molecule has 1 aliphatic carbocycles. The van der Waals surface area contributed by atoms with Crippen molar-refractivity contribution < 1.29 is 19.8 Å². The van der Waals surface area contributed by atoms with Crippen LogP contribution in [0.5, 0.6) is 0 Å². The van der Waals surface area contributed by atoms with E-state index in [4.69, 9.17) is 5.11 Å². The van der Waals surface area contributed by atoms with E-state index >= 15 is 0 Å². The number of aliphatic carboxylic acids is 1. The highest BCUT2D eigenvalue weighted by Gasteiger charge is 2.29. The summed E-state index contributed by atoms with van der Waals surface area (Å²) in [5.74, 6) is -0.390. The fourth-order valence-corrected chi connectivity index (χ4v) is 3.62. The van der Waals surface area contributed by atoms with Crippen molar-refractivity contribution in [2.75, 3.05) is 0 Å². The standard InChI is InChI=1S/C21H36O4/c1-3-4-9-15-21(2,25)16-14-17-12-13-19(22)18(17)10-7-5-6-8-11-20(23)24/h12,18,25H,3-11,13-16H2,1-2H3,(H,23,24)/t18-,21?/m1/s1. The Morgan fingerprint density at radius 2 is 1.88 bits per heavy atom. The van der Waals surface area contributed by atoms with Gasteiger partial charge in [0.05, 0.1) is 5.60 Å². The molecule has 2 N–H and O–H groups in total. The number of carboxylic acids is 1. The molecule has 0 spiro atoms. The van der Waals surface area contributed by atoms with Gasteiger partial charge in [-0.05, 0) is 39.0 Å². The Labute approximate surface area is 152 Å². The van der Waals surface area contributed by atoms with E-state index in [1.807, 2.05) is 6.92 Å². The molecule has 0 aromatic rings. The number of carbonyl (C=O) groups is 2. The highest BCUT2D eigenvalue weighted by molar-refractivity contribution is 5.88. The molecule has 1 unspecified atom stereocenters. The number of Topliss-reactive ketones (excluding diaryl/α,β-unsaturated/α-hetero) is 1. The zero-order valence-electron chi connectivity index (χ0n) is 16.1. The molecule has 144 valence electrons. The van der Waals surface area contributed by atoms with Gasteiger partial charge in [0, 0.05) is 18.8 Å². The summed E-state index contributed by atoms with van der Waals surface area (Å²) < 4.78 is 0. The van der Waals surface area contributed by atoms with E-state index in [-0.39, 0.29) is 12.3 Å². The number of rotatable bonds is 14. The summed E-state index contributed by atoms with van der Waals surface area (Å²) >= 11 is 0. The Morgan fingerprint density at radius 3 is 2.56 bits per heavy atom. The van der Waals surface area contributed by atoms with Crippen molar-refractivity contribution in [3.05, 3.63) is 11.6 Å². The Balaban J connectivity index is 2.30. The molecule has 4 nitrogen and oxygen atoms in total. The van der Waals surface area contributed by atoms with Crippen LogP contribution in [0.15, 0.2) is 11.6 Å². The molecule has 0 radical (unpaired) electrons. The molecule has 0 amide bonds. The average molecular weight is 353 g/mol. The van der Waals surface area contributed by atoms with Crippen LogP contribution in [-0.2, 0) is 9.59 Å². The molecule has 0 saturated heterocycles. The van der Waals surface area contributed by atoms with Crippen LogP contribution >= 0.6 is 0 Å². The normalized spacial score (nSPS) is 19.7. The fraction of sp³-hybridized carbons (Fsp3) is 0.810. The van der Waals surface area contributed by atoms with Crippen LogP contribution in [-0.4, -0.2) is 27.6 Å². The minimum absolute atomic E-state index is 0.0333. The van der Waals surface area contributed by atoms with Crippen molar-refractivity contribution in [3.63, 3.8) is 0 Å². The minimum atomic E-state index is -0.734. The van der Waals surface area contributed by atoms with Gasteiger partial charge in [-0.1, -0.05) is 57.1 Å². The van der Waals surface area contributed by atoms with Crippen LogP contribution in [0.1, 0.15) is 97.3 Å². The van der Waals surface area contributed by atoms with Crippen LogP contribution in [0.2, 0.25) is 0 Å². The summed E-state index contributed by atoms with van der Waals surface area (Å²) in [5, 5.41) is 19.1. The maximum atomic E-state index is 12.1. The van der Waals surface area contributed by atoms with Crippen LogP contribution in [0.3, 0.4) is 0 Å². The van der Waals surface area contributed by atoms with Gasteiger partial charge in [0.15, 0.2) is 0 Å². The minimum Gasteiger partial charge on any atom is -0.481 e. The molecule has 0 aromatic carbocycles. The summed E-state index contributed by atoms with van der Waals surface area (Å²) in [6, 6.07) is 0. The number of ketones is 1. The first-order chi connectivity index (χ1) is 11.9. The number of carbonyl (C=O) groups excluding carboxylic acids is 1. The predicted molar refractivity (Wildman–Crippen MR) is 101 cm³/mol. The van der Waals surface area contributed by atoms with Crippen LogP contribution in [0.25, 0.3) is 0 Å². The molecular weight excluding hydrogens is 316 g/mol. The fourth-order valence-electron chi connectivity index (χ4n) is 3.62. The first-order valence-corrected chi connectivity index (χ1v) is 10.0. The van der Waals surface area contributed by atoms with Crippen LogP contribution in [0.4, 0.5) is 0 Å². The summed E-state index contributed by atoms with van der Waals surface area (Å²) in [6.45, 7) is 4.08. The van der Waals surface area contributed by atoms with Crippen molar-refractivity contribution in [3.8, 4) is 0 Å². The van der Waals surface area contributed by atoms with Gasteiger partial charge in [-0.3, -0.25) is 9.59 Å². The van der Waals surface area contributed by atoms with E-state index < -0.39 is 11.6 Å². The smallest absolute Gasteiger partial charge is 0.303 e. The molecule has 0 fully saturated rings. The van der Waals surface area contributed by atoms with Crippen molar-refractivity contribution >= 4 is 11.8 Å². The number of unbranched alkanes of at least 4 members (excludes halogenated alkanes) is 5. The van der Waals surface area contributed by atoms with Crippen LogP contribution < -0.4 is 0 Å². The molecule has 1 rings (SSSR count). The molecule has 0 bridgehead atoms. The second-order valence-electron chi connectivity index (χ2n) is 7.80. The SMILES string of the molecule is CCCCCC(C)(O)CCC1=CCC(=O)[C@@H]1CCCCCCC(=O)O. The second-order valence-corrected chi connectivity index (χ2v) is 7.80. The van der Waals surface area contributed by atoms with Gasteiger partial charge in [0.1, 0.15) is 5.78 Å². The van der Waals surface area contributed by atoms with Crippen molar-refractivity contribution in [2.45, 2.75) is 103 Å². The predicted octanol–water partition coefficient (Wildman–Crippen LogP) is 5.04. The number of hydrogen-bond acceptors (Lipinski definition) is 3. The van der Waals surface area contributed by atoms with E-state index in [0.29, 0.717) is 12.2 Å². The molecule has 4 heteroatoms. The summed E-state index contributed by atoms with van der Waals surface area (Å²) in [6.07, 6.45) is 13.0. The van der Waals surface area contributed by atoms with Gasteiger partial charge in [-0.15, -0.1) is 0 Å². The van der Waals surface area contributed by atoms with Gasteiger partial charge in [0.2, 0.25) is 0 Å². The molecule has 2 atom stereocenters. The lowest BCUT2D eigenvalue weighted by atomic mass is 9.86. The summed E-state index contributed by atoms with van der Waals surface area (Å²) in [7, 11) is 0. The summed E-state index contributed by atoms with van der Waals surface area (Å²) in [4.78, 5) is 22.6. The molecule has 0 aliphatic heterocycles. The largest absolute Gasteiger partial charge is 0.481 e. The monoisotopic (exact) mass is 352 g/mol. The third-order valence-electron chi connectivity index (χ3n) is 5.31. The molecule has 25 heavy (non-hydrogen) atoms. The lowest BCUT2D eigenvalue weighted by Crippen LogP contribution is -2.24. The van der Waals surface area contributed by atoms with Crippen molar-refractivity contribution in [1.29, 1.82) is 0 Å². The third-order valence-corrected chi connectivity index (χ3v) is 5.31. The first kappa shape index (κ1) is 21.9. The lowest BCUT2D eigenvalue weighted by Gasteiger charge is -2.24. The van der Waals surface area contributed by atoms with Gasteiger partial charge < -0.3 is 10.2 Å². The average Bonchev–Trinajstić information content (AvgIpc) is 2.89. The van der Waals surface area contributed by atoms with E-state index in [9.17, 15) is 14.7 Å². The summed E-state index contributed by atoms with van der Waals surface area (Å²) in [5.41, 5.74) is 0.578. The first-order valence-electron chi connectivity index (χ1n) is 10.0. The van der Waals surface area contributed by atoms with Gasteiger partial charge in [-0.2, -0.15) is 0 Å². The van der Waals surface area contributed by atoms with Crippen LogP contribution in [0, 0.1) is 5.92 Å². The van der Waals surface area contributed by atoms with E-state index in [1.54, 1.807) is 0 Å². The van der Waals surface area contributed by atoms with E-state index in [1.165, 1.54) is 5.57 Å². The maximum Gasteiger partial charge on any atom is 0.303 e. The molecule has 0 aromatic heterocycles. The zero-order valence-corrected chi connectivity index (χ0v) is 16.1. The molecule has 0 saturated carbocycles. The highest BCUT2D eigenvalue weighted by Crippen LogP contribution is 2.33. The Hall–Kier alpha value is -1.16. The number of allylic oxidation sites excluding steroid dienone is 2. The molecule has 0 heterocycles. The topological polar surface area (TPSA) is 74.6 Å². The Morgan fingerprint density at radius 1 is 1.16 bits per heavy atom. The molecule has 1 aliphatic rings. The third kappa shape index (κ3) is 9.20.